The lowest BCUT2D eigenvalue weighted by atomic mass is 9.89. The number of H-pyrrole nitrogens is 1. The van der Waals surface area contributed by atoms with Crippen molar-refractivity contribution in [2.45, 2.75) is 12.5 Å². The van der Waals surface area contributed by atoms with Gasteiger partial charge in [0.05, 0.1) is 5.69 Å². The number of nitrogens with two attached hydrogens (primary N) is 1. The molecule has 3 heterocycles. The van der Waals surface area contributed by atoms with Crippen molar-refractivity contribution < 1.29 is 0 Å². The minimum atomic E-state index is 0. The van der Waals surface area contributed by atoms with E-state index in [1.165, 1.54) is 5.56 Å². The molecule has 0 aliphatic carbocycles. The third-order valence-corrected chi connectivity index (χ3v) is 5.03. The van der Waals surface area contributed by atoms with Gasteiger partial charge in [-0.05, 0) is 36.2 Å². The molecule has 1 aliphatic rings. The summed E-state index contributed by atoms with van der Waals surface area (Å²) in [5, 5.41) is 7.60. The molecule has 0 amide bonds. The van der Waals surface area contributed by atoms with Crippen LogP contribution >= 0.6 is 12.4 Å². The second-order valence-corrected chi connectivity index (χ2v) is 6.73. The Morgan fingerprint density at radius 3 is 2.69 bits per heavy atom. The molecule has 1 fully saturated rings. The lowest BCUT2D eigenvalue weighted by Gasteiger charge is -2.16. The van der Waals surface area contributed by atoms with Crippen molar-refractivity contribution in [2.24, 2.45) is 11.7 Å². The number of likely N-dealkylation sites (tertiary alicyclic amines) is 1. The van der Waals surface area contributed by atoms with Gasteiger partial charge in [0.25, 0.3) is 0 Å². The Morgan fingerprint density at radius 2 is 1.96 bits per heavy atom. The Bertz CT molecular complexity index is 805. The van der Waals surface area contributed by atoms with Gasteiger partial charge in [-0.2, -0.15) is 5.10 Å². The molecule has 6 heteroatoms. The van der Waals surface area contributed by atoms with E-state index in [4.69, 9.17) is 5.73 Å². The summed E-state index contributed by atoms with van der Waals surface area (Å²) in [5.41, 5.74) is 10.5. The minimum Gasteiger partial charge on any atom is -0.330 e. The number of rotatable bonds is 5. The predicted octanol–water partition coefficient (Wildman–Crippen LogP) is 3.07. The number of halogens is 1. The SMILES string of the molecule is Cl.NC[C@@H]1CN(Cc2cc(-c3cccnc3)n[nH]2)C[C@H]1c1ccccc1. The van der Waals surface area contributed by atoms with Crippen LogP contribution in [0, 0.1) is 5.92 Å². The Kier molecular flexibility index (Phi) is 6.04. The number of benzene rings is 1. The molecule has 0 unspecified atom stereocenters. The van der Waals surface area contributed by atoms with Crippen molar-refractivity contribution in [3.05, 3.63) is 72.2 Å². The van der Waals surface area contributed by atoms with E-state index >= 15 is 0 Å². The molecule has 26 heavy (non-hydrogen) atoms. The molecule has 0 bridgehead atoms. The third-order valence-electron chi connectivity index (χ3n) is 5.03. The molecule has 2 aromatic heterocycles. The van der Waals surface area contributed by atoms with Crippen LogP contribution in [0.5, 0.6) is 0 Å². The van der Waals surface area contributed by atoms with E-state index in [1.54, 1.807) is 6.20 Å². The summed E-state index contributed by atoms with van der Waals surface area (Å²) < 4.78 is 0. The topological polar surface area (TPSA) is 70.8 Å². The van der Waals surface area contributed by atoms with Gasteiger partial charge >= 0.3 is 0 Å². The summed E-state index contributed by atoms with van der Waals surface area (Å²) in [6.45, 7) is 3.65. The summed E-state index contributed by atoms with van der Waals surface area (Å²) in [6.07, 6.45) is 3.61. The van der Waals surface area contributed by atoms with Crippen LogP contribution in [0.25, 0.3) is 11.3 Å². The van der Waals surface area contributed by atoms with E-state index in [0.717, 1.165) is 43.1 Å². The second-order valence-electron chi connectivity index (χ2n) is 6.73. The number of nitrogens with one attached hydrogen (secondary N) is 1. The first-order valence-corrected chi connectivity index (χ1v) is 8.75. The van der Waals surface area contributed by atoms with Crippen molar-refractivity contribution in [3.63, 3.8) is 0 Å². The second kappa shape index (κ2) is 8.45. The normalized spacial score (nSPS) is 20.0. The third kappa shape index (κ3) is 3.96. The average Bonchev–Trinajstić information content (AvgIpc) is 3.30. The lowest BCUT2D eigenvalue weighted by molar-refractivity contribution is 0.313. The average molecular weight is 370 g/mol. The maximum absolute atomic E-state index is 6.04. The van der Waals surface area contributed by atoms with Crippen molar-refractivity contribution in [2.75, 3.05) is 19.6 Å². The highest BCUT2D eigenvalue weighted by atomic mass is 35.5. The van der Waals surface area contributed by atoms with Crippen LogP contribution < -0.4 is 5.73 Å². The van der Waals surface area contributed by atoms with Crippen LogP contribution in [0.15, 0.2) is 60.9 Å². The van der Waals surface area contributed by atoms with Gasteiger partial charge in [-0.1, -0.05) is 30.3 Å². The molecule has 0 radical (unpaired) electrons. The summed E-state index contributed by atoms with van der Waals surface area (Å²) in [7, 11) is 0. The van der Waals surface area contributed by atoms with Crippen LogP contribution in [0.4, 0.5) is 0 Å². The molecule has 4 rings (SSSR count). The van der Waals surface area contributed by atoms with Gasteiger partial charge in [-0.15, -0.1) is 12.4 Å². The van der Waals surface area contributed by atoms with Crippen LogP contribution in [0.1, 0.15) is 17.2 Å². The van der Waals surface area contributed by atoms with Gasteiger partial charge in [-0.25, -0.2) is 0 Å². The van der Waals surface area contributed by atoms with E-state index in [0.29, 0.717) is 11.8 Å². The van der Waals surface area contributed by atoms with Crippen molar-refractivity contribution in [1.82, 2.24) is 20.1 Å². The Hall–Kier alpha value is -2.21. The number of nitrogens with zero attached hydrogens (tertiary/aromatic N) is 3. The Balaban J connectivity index is 0.00000196. The van der Waals surface area contributed by atoms with Crippen LogP contribution in [0.3, 0.4) is 0 Å². The maximum Gasteiger partial charge on any atom is 0.0939 e. The van der Waals surface area contributed by atoms with Gasteiger partial charge < -0.3 is 5.73 Å². The van der Waals surface area contributed by atoms with Crippen LogP contribution in [-0.2, 0) is 6.54 Å². The molecule has 3 aromatic rings. The highest BCUT2D eigenvalue weighted by Crippen LogP contribution is 2.32. The maximum atomic E-state index is 6.04. The zero-order chi connectivity index (χ0) is 17.1. The summed E-state index contributed by atoms with van der Waals surface area (Å²) in [5.74, 6) is 1.01. The molecule has 2 atom stereocenters. The molecule has 136 valence electrons. The molecular formula is C20H24ClN5. The van der Waals surface area contributed by atoms with E-state index in [2.05, 4.69) is 56.5 Å². The van der Waals surface area contributed by atoms with Gasteiger partial charge in [-0.3, -0.25) is 15.0 Å². The summed E-state index contributed by atoms with van der Waals surface area (Å²) >= 11 is 0. The van der Waals surface area contributed by atoms with Gasteiger partial charge in [0.2, 0.25) is 0 Å². The molecule has 3 N–H and O–H groups in total. The molecule has 1 aliphatic heterocycles. The number of pyridine rings is 1. The van der Waals surface area contributed by atoms with Crippen LogP contribution in [0.2, 0.25) is 0 Å². The van der Waals surface area contributed by atoms with E-state index < -0.39 is 0 Å². The lowest BCUT2D eigenvalue weighted by Crippen LogP contribution is -2.23. The molecule has 0 spiro atoms. The zero-order valence-corrected chi connectivity index (χ0v) is 15.4. The van der Waals surface area contributed by atoms with Crippen molar-refractivity contribution in [3.8, 4) is 11.3 Å². The van der Waals surface area contributed by atoms with Crippen molar-refractivity contribution in [1.29, 1.82) is 0 Å². The van der Waals surface area contributed by atoms with Gasteiger partial charge in [0.1, 0.15) is 0 Å². The fourth-order valence-corrected chi connectivity index (χ4v) is 3.75. The highest BCUT2D eigenvalue weighted by Gasteiger charge is 2.32. The molecule has 1 saturated heterocycles. The minimum absolute atomic E-state index is 0. The fourth-order valence-electron chi connectivity index (χ4n) is 3.75. The van der Waals surface area contributed by atoms with Gasteiger partial charge in [0, 0.05) is 49.2 Å². The van der Waals surface area contributed by atoms with Gasteiger partial charge in [0.15, 0.2) is 0 Å². The number of aromatic nitrogens is 3. The van der Waals surface area contributed by atoms with E-state index in [1.807, 2.05) is 18.3 Å². The zero-order valence-electron chi connectivity index (χ0n) is 14.6. The first-order chi connectivity index (χ1) is 12.3. The summed E-state index contributed by atoms with van der Waals surface area (Å²) in [6, 6.07) is 16.8. The van der Waals surface area contributed by atoms with Crippen LogP contribution in [-0.4, -0.2) is 39.7 Å². The largest absolute Gasteiger partial charge is 0.330 e. The first kappa shape index (κ1) is 18.6. The Labute approximate surface area is 160 Å². The summed E-state index contributed by atoms with van der Waals surface area (Å²) in [4.78, 5) is 6.63. The van der Waals surface area contributed by atoms with E-state index in [9.17, 15) is 0 Å². The predicted molar refractivity (Wildman–Crippen MR) is 106 cm³/mol. The highest BCUT2D eigenvalue weighted by molar-refractivity contribution is 5.85. The molecular weight excluding hydrogens is 346 g/mol. The molecule has 0 saturated carbocycles. The van der Waals surface area contributed by atoms with E-state index in [-0.39, 0.29) is 12.4 Å². The number of hydrogen-bond acceptors (Lipinski definition) is 4. The fraction of sp³-hybridized carbons (Fsp3) is 0.300. The monoisotopic (exact) mass is 369 g/mol. The quantitative estimate of drug-likeness (QED) is 0.725. The van der Waals surface area contributed by atoms with Crippen molar-refractivity contribution >= 4 is 12.4 Å². The number of hydrogen-bond donors (Lipinski definition) is 2. The smallest absolute Gasteiger partial charge is 0.0939 e. The Morgan fingerprint density at radius 1 is 1.12 bits per heavy atom. The standard InChI is InChI=1S/C20H23N5.ClH/c21-10-17-12-25(14-19(17)15-5-2-1-3-6-15)13-18-9-20(24-23-18)16-7-4-8-22-11-16;/h1-9,11,17,19H,10,12-14,21H2,(H,23,24);1H/t17-,19+;/m1./s1. The molecule has 1 aromatic carbocycles. The molecule has 5 nitrogen and oxygen atoms in total. The first-order valence-electron chi connectivity index (χ1n) is 8.75. The number of aromatic amines is 1.